The third-order valence-corrected chi connectivity index (χ3v) is 5.10. The number of aryl methyl sites for hydroxylation is 2. The van der Waals surface area contributed by atoms with Crippen LogP contribution in [-0.2, 0) is 13.0 Å². The lowest BCUT2D eigenvalue weighted by molar-refractivity contribution is -0.694. The van der Waals surface area contributed by atoms with Crippen LogP contribution in [0.2, 0.25) is 0 Å². The van der Waals surface area contributed by atoms with Crippen molar-refractivity contribution in [2.75, 3.05) is 0 Å². The number of nitrogens with zero attached hydrogens (tertiary/aromatic N) is 1. The van der Waals surface area contributed by atoms with Gasteiger partial charge in [0, 0.05) is 11.6 Å². The summed E-state index contributed by atoms with van der Waals surface area (Å²) in [6.07, 6.45) is 25.9. The van der Waals surface area contributed by atoms with E-state index in [1.54, 1.807) is 0 Å². The van der Waals surface area contributed by atoms with E-state index in [4.69, 9.17) is 0 Å². The molecule has 0 aliphatic carbocycles. The molecule has 1 heteroatoms. The highest BCUT2D eigenvalue weighted by Gasteiger charge is 2.00. The molecule has 0 fully saturated rings. The van der Waals surface area contributed by atoms with E-state index >= 15 is 0 Å². The summed E-state index contributed by atoms with van der Waals surface area (Å²) in [5.41, 5.74) is 1.50. The maximum Gasteiger partial charge on any atom is 0.171 e. The third kappa shape index (κ3) is 11.6. The molecule has 0 atom stereocenters. The molecule has 24 heavy (non-hydrogen) atoms. The molecule has 0 N–H and O–H groups in total. The maximum absolute atomic E-state index is 2.31. The van der Waals surface area contributed by atoms with Gasteiger partial charge in [-0.2, -0.15) is 0 Å². The average molecular weight is 333 g/mol. The number of hydrogen-bond donors (Lipinski definition) is 0. The van der Waals surface area contributed by atoms with E-state index in [1.807, 2.05) is 0 Å². The molecular formula is C23H42N+. The molecule has 0 amide bonds. The first kappa shape index (κ1) is 21.2. The van der Waals surface area contributed by atoms with Crippen molar-refractivity contribution in [3.8, 4) is 0 Å². The fraction of sp³-hybridized carbons (Fsp3) is 0.783. The summed E-state index contributed by atoms with van der Waals surface area (Å²) in [6.45, 7) is 5.58. The summed E-state index contributed by atoms with van der Waals surface area (Å²) in [6, 6.07) is 4.46. The van der Waals surface area contributed by atoms with Gasteiger partial charge < -0.3 is 0 Å². The normalized spacial score (nSPS) is 11.1. The van der Waals surface area contributed by atoms with Crippen LogP contribution >= 0.6 is 0 Å². The van der Waals surface area contributed by atoms with Crippen molar-refractivity contribution in [2.24, 2.45) is 0 Å². The highest BCUT2D eigenvalue weighted by atomic mass is 14.9. The van der Waals surface area contributed by atoms with Crippen LogP contribution in [0.1, 0.15) is 109 Å². The molecule has 0 saturated carbocycles. The highest BCUT2D eigenvalue weighted by Crippen LogP contribution is 2.13. The minimum absolute atomic E-state index is 1.08. The molecule has 0 bridgehead atoms. The Morgan fingerprint density at radius 1 is 0.667 bits per heavy atom. The van der Waals surface area contributed by atoms with Gasteiger partial charge in [0.2, 0.25) is 0 Å². The van der Waals surface area contributed by atoms with Crippen LogP contribution < -0.4 is 4.57 Å². The standard InChI is InChI=1S/C23H42N/c1-3-5-6-7-8-9-10-11-12-13-14-15-16-17-19-23-20-18-21-24(4-2)22-23/h18,20-22H,3-17,19H2,1-2H3/q+1. The van der Waals surface area contributed by atoms with Crippen molar-refractivity contribution < 1.29 is 4.57 Å². The van der Waals surface area contributed by atoms with Crippen LogP contribution in [-0.4, -0.2) is 0 Å². The SMILES string of the molecule is CCCCCCCCCCCCCCCCc1ccc[n+](CC)c1. The van der Waals surface area contributed by atoms with Gasteiger partial charge in [0.25, 0.3) is 0 Å². The van der Waals surface area contributed by atoms with E-state index in [0.29, 0.717) is 0 Å². The molecule has 0 spiro atoms. The molecule has 1 aromatic heterocycles. The van der Waals surface area contributed by atoms with E-state index in [2.05, 4.69) is 42.9 Å². The van der Waals surface area contributed by atoms with E-state index in [1.165, 1.54) is 102 Å². The number of pyridine rings is 1. The highest BCUT2D eigenvalue weighted by molar-refractivity contribution is 5.05. The first-order valence-electron chi connectivity index (χ1n) is 10.8. The molecule has 1 nitrogen and oxygen atoms in total. The van der Waals surface area contributed by atoms with Crippen LogP contribution in [0.5, 0.6) is 0 Å². The minimum Gasteiger partial charge on any atom is -0.205 e. The summed E-state index contributed by atoms with van der Waals surface area (Å²) in [5, 5.41) is 0. The van der Waals surface area contributed by atoms with Crippen LogP contribution in [0.25, 0.3) is 0 Å². The zero-order valence-electron chi connectivity index (χ0n) is 16.6. The van der Waals surface area contributed by atoms with Crippen molar-refractivity contribution in [1.82, 2.24) is 0 Å². The number of hydrogen-bond acceptors (Lipinski definition) is 0. The van der Waals surface area contributed by atoms with Gasteiger partial charge in [-0.15, -0.1) is 0 Å². The van der Waals surface area contributed by atoms with Gasteiger partial charge >= 0.3 is 0 Å². The smallest absolute Gasteiger partial charge is 0.171 e. The second kappa shape index (κ2) is 15.7. The zero-order chi connectivity index (χ0) is 17.3. The molecule has 0 radical (unpaired) electrons. The molecule has 0 aliphatic heterocycles. The van der Waals surface area contributed by atoms with Crippen molar-refractivity contribution in [3.63, 3.8) is 0 Å². The summed E-state index contributed by atoms with van der Waals surface area (Å²) < 4.78 is 2.28. The van der Waals surface area contributed by atoms with Crippen LogP contribution in [0.3, 0.4) is 0 Å². The lowest BCUT2D eigenvalue weighted by Gasteiger charge is -2.03. The number of unbranched alkanes of at least 4 members (excludes halogenated alkanes) is 13. The molecule has 0 unspecified atom stereocenters. The quantitative estimate of drug-likeness (QED) is 0.226. The van der Waals surface area contributed by atoms with Crippen LogP contribution in [0.15, 0.2) is 24.5 Å². The molecule has 1 heterocycles. The Hall–Kier alpha value is -0.850. The molecule has 1 aromatic rings. The third-order valence-electron chi connectivity index (χ3n) is 5.10. The summed E-state index contributed by atoms with van der Waals surface area (Å²) in [5.74, 6) is 0. The van der Waals surface area contributed by atoms with Gasteiger partial charge in [-0.3, -0.25) is 0 Å². The Kier molecular flexibility index (Phi) is 13.8. The molecular weight excluding hydrogens is 290 g/mol. The van der Waals surface area contributed by atoms with Crippen LogP contribution in [0.4, 0.5) is 0 Å². The topological polar surface area (TPSA) is 3.88 Å². The Morgan fingerprint density at radius 2 is 1.17 bits per heavy atom. The van der Waals surface area contributed by atoms with Crippen molar-refractivity contribution >= 4 is 0 Å². The summed E-state index contributed by atoms with van der Waals surface area (Å²) >= 11 is 0. The van der Waals surface area contributed by atoms with Gasteiger partial charge in [-0.05, 0) is 25.8 Å². The van der Waals surface area contributed by atoms with E-state index < -0.39 is 0 Å². The molecule has 138 valence electrons. The van der Waals surface area contributed by atoms with Gasteiger partial charge in [-0.25, -0.2) is 4.57 Å². The van der Waals surface area contributed by atoms with Crippen molar-refractivity contribution in [1.29, 1.82) is 0 Å². The second-order valence-corrected chi connectivity index (χ2v) is 7.39. The predicted octanol–water partition coefficient (Wildman–Crippen LogP) is 7.02. The zero-order valence-corrected chi connectivity index (χ0v) is 16.6. The molecule has 0 aromatic carbocycles. The summed E-state index contributed by atoms with van der Waals surface area (Å²) in [4.78, 5) is 0. The minimum atomic E-state index is 1.08. The monoisotopic (exact) mass is 332 g/mol. The fourth-order valence-corrected chi connectivity index (χ4v) is 3.44. The Balaban J connectivity index is 1.82. The van der Waals surface area contributed by atoms with E-state index in [0.717, 1.165) is 6.54 Å². The lowest BCUT2D eigenvalue weighted by atomic mass is 10.0. The predicted molar refractivity (Wildman–Crippen MR) is 106 cm³/mol. The first-order chi connectivity index (χ1) is 11.9. The largest absolute Gasteiger partial charge is 0.205 e. The fourth-order valence-electron chi connectivity index (χ4n) is 3.44. The number of rotatable bonds is 16. The molecule has 0 saturated heterocycles. The Bertz CT molecular complexity index is 385. The Morgan fingerprint density at radius 3 is 1.67 bits per heavy atom. The maximum atomic E-state index is 2.31. The van der Waals surface area contributed by atoms with Crippen LogP contribution in [0, 0.1) is 0 Å². The van der Waals surface area contributed by atoms with E-state index in [-0.39, 0.29) is 0 Å². The molecule has 0 aliphatic rings. The van der Waals surface area contributed by atoms with Gasteiger partial charge in [-0.1, -0.05) is 90.4 Å². The van der Waals surface area contributed by atoms with Gasteiger partial charge in [0.1, 0.15) is 6.54 Å². The average Bonchev–Trinajstić information content (AvgIpc) is 2.62. The Labute approximate surface area is 151 Å². The van der Waals surface area contributed by atoms with E-state index in [9.17, 15) is 0 Å². The van der Waals surface area contributed by atoms with Gasteiger partial charge in [0.05, 0.1) is 0 Å². The van der Waals surface area contributed by atoms with Crippen molar-refractivity contribution in [2.45, 2.75) is 117 Å². The lowest BCUT2D eigenvalue weighted by Crippen LogP contribution is -2.31. The molecule has 1 rings (SSSR count). The summed E-state index contributed by atoms with van der Waals surface area (Å²) in [7, 11) is 0. The van der Waals surface area contributed by atoms with Crippen molar-refractivity contribution in [3.05, 3.63) is 30.1 Å². The number of aromatic nitrogens is 1. The van der Waals surface area contributed by atoms with Gasteiger partial charge in [0.15, 0.2) is 12.4 Å². The second-order valence-electron chi connectivity index (χ2n) is 7.39. The first-order valence-corrected chi connectivity index (χ1v) is 10.8.